The highest BCUT2D eigenvalue weighted by molar-refractivity contribution is 5.20. The second kappa shape index (κ2) is 6.77. The summed E-state index contributed by atoms with van der Waals surface area (Å²) in [6.07, 6.45) is 2.60. The predicted octanol–water partition coefficient (Wildman–Crippen LogP) is 2.48. The van der Waals surface area contributed by atoms with Crippen LogP contribution in [-0.2, 0) is 0 Å². The topological polar surface area (TPSA) is 15.3 Å². The van der Waals surface area contributed by atoms with Crippen molar-refractivity contribution in [2.45, 2.75) is 25.7 Å². The molecule has 2 rings (SSSR count). The van der Waals surface area contributed by atoms with E-state index >= 15 is 0 Å². The van der Waals surface area contributed by atoms with Crippen LogP contribution in [0.2, 0.25) is 0 Å². The van der Waals surface area contributed by atoms with Crippen LogP contribution in [0.15, 0.2) is 30.3 Å². The van der Waals surface area contributed by atoms with Crippen LogP contribution in [0.5, 0.6) is 0 Å². The van der Waals surface area contributed by atoms with Crippen LogP contribution in [0.1, 0.15) is 31.2 Å². The first-order chi connectivity index (χ1) is 8.40. The van der Waals surface area contributed by atoms with Crippen molar-refractivity contribution in [3.63, 3.8) is 0 Å². The van der Waals surface area contributed by atoms with Crippen molar-refractivity contribution in [3.05, 3.63) is 35.9 Å². The summed E-state index contributed by atoms with van der Waals surface area (Å²) in [5.74, 6) is 0.760. The second-order valence-corrected chi connectivity index (χ2v) is 4.90. The van der Waals surface area contributed by atoms with E-state index in [0.717, 1.165) is 19.0 Å². The first kappa shape index (κ1) is 12.6. The molecule has 1 aromatic carbocycles. The van der Waals surface area contributed by atoms with Gasteiger partial charge in [-0.25, -0.2) is 0 Å². The van der Waals surface area contributed by atoms with Crippen molar-refractivity contribution in [2.24, 2.45) is 0 Å². The van der Waals surface area contributed by atoms with Crippen LogP contribution in [0, 0.1) is 0 Å². The van der Waals surface area contributed by atoms with Crippen LogP contribution in [0.4, 0.5) is 0 Å². The Labute approximate surface area is 105 Å². The van der Waals surface area contributed by atoms with Crippen molar-refractivity contribution in [1.29, 1.82) is 0 Å². The van der Waals surface area contributed by atoms with Gasteiger partial charge in [0.25, 0.3) is 0 Å². The van der Waals surface area contributed by atoms with Gasteiger partial charge in [-0.1, -0.05) is 37.3 Å². The molecule has 1 atom stereocenters. The molecule has 1 heterocycles. The third-order valence-corrected chi connectivity index (χ3v) is 3.62. The van der Waals surface area contributed by atoms with Gasteiger partial charge >= 0.3 is 0 Å². The zero-order chi connectivity index (χ0) is 11.9. The van der Waals surface area contributed by atoms with Gasteiger partial charge in [0.05, 0.1) is 0 Å². The molecule has 0 saturated carbocycles. The van der Waals surface area contributed by atoms with Gasteiger partial charge in [-0.2, -0.15) is 0 Å². The Morgan fingerprint density at radius 1 is 1.29 bits per heavy atom. The van der Waals surface area contributed by atoms with E-state index in [4.69, 9.17) is 0 Å². The molecule has 1 aliphatic rings. The molecular weight excluding hydrogens is 208 g/mol. The Bertz CT molecular complexity index is 310. The largest absolute Gasteiger partial charge is 0.317 e. The minimum absolute atomic E-state index is 0.760. The highest BCUT2D eigenvalue weighted by Gasteiger charge is 2.22. The zero-order valence-electron chi connectivity index (χ0n) is 10.9. The molecule has 2 heteroatoms. The molecule has 1 aromatic rings. The van der Waals surface area contributed by atoms with E-state index < -0.39 is 0 Å². The van der Waals surface area contributed by atoms with Crippen molar-refractivity contribution >= 4 is 0 Å². The lowest BCUT2D eigenvalue weighted by Gasteiger charge is -2.16. The fourth-order valence-corrected chi connectivity index (χ4v) is 2.64. The highest BCUT2D eigenvalue weighted by atomic mass is 15.1. The summed E-state index contributed by atoms with van der Waals surface area (Å²) in [6.45, 7) is 8.18. The molecule has 1 aliphatic heterocycles. The van der Waals surface area contributed by atoms with Crippen molar-refractivity contribution < 1.29 is 0 Å². The fourth-order valence-electron chi connectivity index (χ4n) is 2.64. The highest BCUT2D eigenvalue weighted by Crippen LogP contribution is 2.26. The van der Waals surface area contributed by atoms with Gasteiger partial charge in [-0.3, -0.25) is 0 Å². The van der Waals surface area contributed by atoms with Crippen LogP contribution in [0.25, 0.3) is 0 Å². The number of likely N-dealkylation sites (tertiary alicyclic amines) is 1. The van der Waals surface area contributed by atoms with Gasteiger partial charge in [-0.15, -0.1) is 0 Å². The van der Waals surface area contributed by atoms with Crippen LogP contribution in [-0.4, -0.2) is 37.6 Å². The molecule has 1 N–H and O–H groups in total. The average Bonchev–Trinajstić information content (AvgIpc) is 2.85. The molecule has 1 fully saturated rings. The summed E-state index contributed by atoms with van der Waals surface area (Å²) in [7, 11) is 0. The van der Waals surface area contributed by atoms with E-state index in [-0.39, 0.29) is 0 Å². The van der Waals surface area contributed by atoms with E-state index in [2.05, 4.69) is 47.5 Å². The Morgan fingerprint density at radius 2 is 2.12 bits per heavy atom. The molecule has 1 unspecified atom stereocenters. The van der Waals surface area contributed by atoms with Gasteiger partial charge in [0.1, 0.15) is 0 Å². The second-order valence-electron chi connectivity index (χ2n) is 4.90. The summed E-state index contributed by atoms with van der Waals surface area (Å²) in [5.41, 5.74) is 1.52. The number of nitrogens with zero attached hydrogens (tertiary/aromatic N) is 1. The lowest BCUT2D eigenvalue weighted by Crippen LogP contribution is -2.25. The molecule has 17 heavy (non-hydrogen) atoms. The Morgan fingerprint density at radius 3 is 2.88 bits per heavy atom. The standard InChI is InChI=1S/C15H24N2/c1-2-16-10-6-11-17-12-9-15(13-17)14-7-4-3-5-8-14/h3-5,7-8,15-16H,2,6,9-13H2,1H3. The summed E-state index contributed by atoms with van der Waals surface area (Å²) in [4.78, 5) is 2.61. The number of nitrogens with one attached hydrogen (secondary N) is 1. The monoisotopic (exact) mass is 232 g/mol. The zero-order valence-corrected chi connectivity index (χ0v) is 10.9. The summed E-state index contributed by atoms with van der Waals surface area (Å²) >= 11 is 0. The number of benzene rings is 1. The molecule has 0 aliphatic carbocycles. The van der Waals surface area contributed by atoms with Crippen LogP contribution < -0.4 is 5.32 Å². The van der Waals surface area contributed by atoms with Gasteiger partial charge in [-0.05, 0) is 50.5 Å². The third kappa shape index (κ3) is 3.83. The molecule has 0 spiro atoms. The van der Waals surface area contributed by atoms with Gasteiger partial charge in [0.2, 0.25) is 0 Å². The van der Waals surface area contributed by atoms with Crippen LogP contribution in [0.3, 0.4) is 0 Å². The Hall–Kier alpha value is -0.860. The first-order valence-corrected chi connectivity index (χ1v) is 6.88. The average molecular weight is 232 g/mol. The maximum Gasteiger partial charge on any atom is 0.00508 e. The number of rotatable bonds is 6. The lowest BCUT2D eigenvalue weighted by molar-refractivity contribution is 0.327. The Balaban J connectivity index is 1.72. The normalized spacial score (nSPS) is 20.9. The summed E-state index contributed by atoms with van der Waals surface area (Å²) < 4.78 is 0. The smallest absolute Gasteiger partial charge is 0.00508 e. The SMILES string of the molecule is CCNCCCN1CCC(c2ccccc2)C1. The van der Waals surface area contributed by atoms with E-state index in [1.807, 2.05) is 0 Å². The van der Waals surface area contributed by atoms with E-state index in [9.17, 15) is 0 Å². The number of hydrogen-bond acceptors (Lipinski definition) is 2. The minimum atomic E-state index is 0.760. The van der Waals surface area contributed by atoms with Crippen LogP contribution >= 0.6 is 0 Å². The summed E-state index contributed by atoms with van der Waals surface area (Å²) in [5, 5.41) is 3.39. The molecule has 1 saturated heterocycles. The van der Waals surface area contributed by atoms with E-state index in [1.165, 1.54) is 38.0 Å². The van der Waals surface area contributed by atoms with Crippen molar-refractivity contribution in [3.8, 4) is 0 Å². The third-order valence-electron chi connectivity index (χ3n) is 3.62. The van der Waals surface area contributed by atoms with Crippen molar-refractivity contribution in [2.75, 3.05) is 32.7 Å². The lowest BCUT2D eigenvalue weighted by atomic mass is 9.99. The molecule has 0 bridgehead atoms. The molecular formula is C15H24N2. The molecule has 94 valence electrons. The molecule has 2 nitrogen and oxygen atoms in total. The fraction of sp³-hybridized carbons (Fsp3) is 0.600. The minimum Gasteiger partial charge on any atom is -0.317 e. The Kier molecular flexibility index (Phi) is 5.02. The summed E-state index contributed by atoms with van der Waals surface area (Å²) in [6, 6.07) is 11.0. The van der Waals surface area contributed by atoms with Gasteiger partial charge in [0.15, 0.2) is 0 Å². The van der Waals surface area contributed by atoms with E-state index in [1.54, 1.807) is 0 Å². The maximum absolute atomic E-state index is 3.39. The molecule has 0 radical (unpaired) electrons. The molecule has 0 aromatic heterocycles. The predicted molar refractivity (Wildman–Crippen MR) is 73.4 cm³/mol. The van der Waals surface area contributed by atoms with Gasteiger partial charge in [0, 0.05) is 6.54 Å². The maximum atomic E-state index is 3.39. The first-order valence-electron chi connectivity index (χ1n) is 6.88. The number of hydrogen-bond donors (Lipinski definition) is 1. The van der Waals surface area contributed by atoms with Gasteiger partial charge < -0.3 is 10.2 Å². The van der Waals surface area contributed by atoms with Crippen molar-refractivity contribution in [1.82, 2.24) is 10.2 Å². The molecule has 0 amide bonds. The quantitative estimate of drug-likeness (QED) is 0.758. The van der Waals surface area contributed by atoms with E-state index in [0.29, 0.717) is 0 Å².